The van der Waals surface area contributed by atoms with Crippen LogP contribution in [-0.4, -0.2) is 49.0 Å². The molecule has 1 atom stereocenters. The second-order valence-electron chi connectivity index (χ2n) is 4.95. The minimum atomic E-state index is -3.55. The molecule has 118 valence electrons. The molecule has 0 spiro atoms. The zero-order chi connectivity index (χ0) is 15.9. The first kappa shape index (κ1) is 17.7. The van der Waals surface area contributed by atoms with Crippen molar-refractivity contribution in [3.63, 3.8) is 0 Å². The summed E-state index contributed by atoms with van der Waals surface area (Å²) < 4.78 is 23.4. The van der Waals surface area contributed by atoms with E-state index >= 15 is 0 Å². The van der Waals surface area contributed by atoms with Crippen LogP contribution in [0.1, 0.15) is 31.9 Å². The van der Waals surface area contributed by atoms with Crippen LogP contribution in [0.5, 0.6) is 0 Å². The molecule has 0 saturated heterocycles. The maximum Gasteiger partial charge on any atom is 0.318 e. The topological polar surface area (TPSA) is 74.7 Å². The summed E-state index contributed by atoms with van der Waals surface area (Å²) in [6.07, 6.45) is 0.872. The third kappa shape index (κ3) is 5.85. The van der Waals surface area contributed by atoms with Crippen molar-refractivity contribution in [2.75, 3.05) is 24.6 Å². The summed E-state index contributed by atoms with van der Waals surface area (Å²) >= 11 is 0. The highest BCUT2D eigenvalue weighted by atomic mass is 32.2. The number of carboxylic acid groups (broad SMARTS) is 1. The second kappa shape index (κ2) is 8.14. The van der Waals surface area contributed by atoms with Gasteiger partial charge in [0.25, 0.3) is 0 Å². The molecule has 0 aliphatic carbocycles. The average Bonchev–Trinajstić information content (AvgIpc) is 2.43. The van der Waals surface area contributed by atoms with E-state index in [2.05, 4.69) is 11.8 Å². The Balaban J connectivity index is 2.76. The monoisotopic (exact) mass is 313 g/mol. The zero-order valence-corrected chi connectivity index (χ0v) is 13.3. The Hall–Kier alpha value is -1.40. The number of benzene rings is 1. The highest BCUT2D eigenvalue weighted by Gasteiger charge is 2.21. The molecule has 6 heteroatoms. The molecule has 0 radical (unpaired) electrons. The van der Waals surface area contributed by atoms with Crippen molar-refractivity contribution >= 4 is 15.8 Å². The van der Waals surface area contributed by atoms with Gasteiger partial charge in [-0.3, -0.25) is 9.69 Å². The first-order chi connectivity index (χ1) is 9.89. The molecule has 0 saturated carbocycles. The SMILES string of the molecule is CCC(c1ccccc1)N(CC)CCS(=O)(=O)CC(=O)O. The molecule has 0 aliphatic rings. The van der Waals surface area contributed by atoms with Gasteiger partial charge >= 0.3 is 5.97 Å². The van der Waals surface area contributed by atoms with E-state index in [9.17, 15) is 13.2 Å². The van der Waals surface area contributed by atoms with Crippen molar-refractivity contribution in [3.05, 3.63) is 35.9 Å². The zero-order valence-electron chi connectivity index (χ0n) is 12.5. The summed E-state index contributed by atoms with van der Waals surface area (Å²) in [5.74, 6) is -2.23. The number of carboxylic acids is 1. The molecule has 0 heterocycles. The molecule has 0 bridgehead atoms. The standard InChI is InChI=1S/C15H23NO4S/c1-3-14(13-8-6-5-7-9-13)16(4-2)10-11-21(19,20)12-15(17)18/h5-9,14H,3-4,10-12H2,1-2H3,(H,17,18). The summed E-state index contributed by atoms with van der Waals surface area (Å²) in [4.78, 5) is 12.6. The molecule has 1 aromatic rings. The Labute approximate surface area is 126 Å². The van der Waals surface area contributed by atoms with Crippen LogP contribution in [0, 0.1) is 0 Å². The van der Waals surface area contributed by atoms with Crippen LogP contribution in [0.2, 0.25) is 0 Å². The fourth-order valence-corrected chi connectivity index (χ4v) is 3.46. The molecule has 21 heavy (non-hydrogen) atoms. The van der Waals surface area contributed by atoms with Crippen molar-refractivity contribution < 1.29 is 18.3 Å². The minimum Gasteiger partial charge on any atom is -0.480 e. The molecule has 0 aliphatic heterocycles. The van der Waals surface area contributed by atoms with Gasteiger partial charge in [-0.1, -0.05) is 44.2 Å². The van der Waals surface area contributed by atoms with Gasteiger partial charge in [0, 0.05) is 12.6 Å². The van der Waals surface area contributed by atoms with E-state index in [-0.39, 0.29) is 11.8 Å². The van der Waals surface area contributed by atoms with Crippen molar-refractivity contribution in [2.45, 2.75) is 26.3 Å². The smallest absolute Gasteiger partial charge is 0.318 e. The van der Waals surface area contributed by atoms with Crippen LogP contribution in [0.4, 0.5) is 0 Å². The van der Waals surface area contributed by atoms with Crippen LogP contribution < -0.4 is 0 Å². The fourth-order valence-electron chi connectivity index (χ4n) is 2.43. The summed E-state index contributed by atoms with van der Waals surface area (Å²) in [5.41, 5.74) is 1.15. The molecular weight excluding hydrogens is 290 g/mol. The molecular formula is C15H23NO4S. The van der Waals surface area contributed by atoms with Crippen molar-refractivity contribution in [1.29, 1.82) is 0 Å². The molecule has 1 aromatic carbocycles. The molecule has 1 unspecified atom stereocenters. The van der Waals surface area contributed by atoms with E-state index in [1.807, 2.05) is 37.3 Å². The van der Waals surface area contributed by atoms with Gasteiger partial charge in [0.2, 0.25) is 0 Å². The number of hydrogen-bond donors (Lipinski definition) is 1. The number of carbonyl (C=O) groups is 1. The summed E-state index contributed by atoms with van der Waals surface area (Å²) in [5, 5.41) is 8.61. The van der Waals surface area contributed by atoms with E-state index in [0.29, 0.717) is 6.54 Å². The van der Waals surface area contributed by atoms with E-state index in [4.69, 9.17) is 5.11 Å². The highest BCUT2D eigenvalue weighted by Crippen LogP contribution is 2.23. The molecule has 5 nitrogen and oxygen atoms in total. The summed E-state index contributed by atoms with van der Waals surface area (Å²) in [6.45, 7) is 5.11. The predicted molar refractivity (Wildman–Crippen MR) is 83.0 cm³/mol. The van der Waals surface area contributed by atoms with Gasteiger partial charge in [0.05, 0.1) is 5.75 Å². The second-order valence-corrected chi connectivity index (χ2v) is 7.13. The van der Waals surface area contributed by atoms with Crippen LogP contribution in [0.3, 0.4) is 0 Å². The average molecular weight is 313 g/mol. The van der Waals surface area contributed by atoms with Gasteiger partial charge in [-0.15, -0.1) is 0 Å². The summed E-state index contributed by atoms with van der Waals surface area (Å²) in [6, 6.07) is 10.1. The van der Waals surface area contributed by atoms with Gasteiger partial charge in [-0.05, 0) is 18.5 Å². The van der Waals surface area contributed by atoms with Crippen LogP contribution in [-0.2, 0) is 14.6 Å². The number of rotatable bonds is 9. The first-order valence-electron chi connectivity index (χ1n) is 7.10. The highest BCUT2D eigenvalue weighted by molar-refractivity contribution is 7.92. The number of sulfone groups is 1. The Morgan fingerprint density at radius 1 is 1.24 bits per heavy atom. The van der Waals surface area contributed by atoms with Crippen LogP contribution in [0.15, 0.2) is 30.3 Å². The Bertz CT molecular complexity index is 542. The van der Waals surface area contributed by atoms with Gasteiger partial charge in [0.15, 0.2) is 9.84 Å². The Morgan fingerprint density at radius 3 is 2.33 bits per heavy atom. The first-order valence-corrected chi connectivity index (χ1v) is 8.93. The van der Waals surface area contributed by atoms with Gasteiger partial charge < -0.3 is 5.11 Å². The fraction of sp³-hybridized carbons (Fsp3) is 0.533. The summed E-state index contributed by atoms with van der Waals surface area (Å²) in [7, 11) is -3.55. The van der Waals surface area contributed by atoms with E-state index in [1.54, 1.807) is 0 Å². The van der Waals surface area contributed by atoms with Gasteiger partial charge in [-0.2, -0.15) is 0 Å². The largest absolute Gasteiger partial charge is 0.480 e. The quantitative estimate of drug-likeness (QED) is 0.754. The predicted octanol–water partition coefficient (Wildman–Crippen LogP) is 1.96. The molecule has 1 rings (SSSR count). The maximum atomic E-state index is 11.7. The van der Waals surface area contributed by atoms with Crippen LogP contribution >= 0.6 is 0 Å². The van der Waals surface area contributed by atoms with E-state index in [0.717, 1.165) is 18.5 Å². The van der Waals surface area contributed by atoms with Gasteiger partial charge in [0.1, 0.15) is 5.75 Å². The van der Waals surface area contributed by atoms with Gasteiger partial charge in [-0.25, -0.2) is 8.42 Å². The molecule has 0 aromatic heterocycles. The third-order valence-electron chi connectivity index (χ3n) is 3.45. The molecule has 0 fully saturated rings. The number of hydrogen-bond acceptors (Lipinski definition) is 4. The van der Waals surface area contributed by atoms with Crippen LogP contribution in [0.25, 0.3) is 0 Å². The Kier molecular flexibility index (Phi) is 6.84. The normalized spacial score (nSPS) is 13.3. The lowest BCUT2D eigenvalue weighted by atomic mass is 10.0. The van der Waals surface area contributed by atoms with Crippen molar-refractivity contribution in [1.82, 2.24) is 4.90 Å². The lowest BCUT2D eigenvalue weighted by Crippen LogP contribution is -2.34. The number of nitrogens with zero attached hydrogens (tertiary/aromatic N) is 1. The lowest BCUT2D eigenvalue weighted by molar-refractivity contribution is -0.134. The third-order valence-corrected chi connectivity index (χ3v) is 4.94. The van der Waals surface area contributed by atoms with Crippen molar-refractivity contribution in [2.24, 2.45) is 0 Å². The maximum absolute atomic E-state index is 11.7. The lowest BCUT2D eigenvalue weighted by Gasteiger charge is -2.30. The van der Waals surface area contributed by atoms with E-state index < -0.39 is 21.6 Å². The number of aliphatic carboxylic acids is 1. The van der Waals surface area contributed by atoms with Crippen molar-refractivity contribution in [3.8, 4) is 0 Å². The Morgan fingerprint density at radius 2 is 1.86 bits per heavy atom. The van der Waals surface area contributed by atoms with E-state index in [1.165, 1.54) is 0 Å². The molecule has 1 N–H and O–H groups in total. The molecule has 0 amide bonds. The minimum absolute atomic E-state index is 0.128.